The molecule has 2 aromatic rings. The van der Waals surface area contributed by atoms with Crippen LogP contribution in [-0.2, 0) is 7.05 Å². The lowest BCUT2D eigenvalue weighted by atomic mass is 9.93. The van der Waals surface area contributed by atoms with Crippen LogP contribution >= 0.6 is 11.8 Å². The number of hydrogen-bond acceptors (Lipinski definition) is 3. The van der Waals surface area contributed by atoms with E-state index in [1.54, 1.807) is 4.68 Å². The van der Waals surface area contributed by atoms with E-state index in [9.17, 15) is 4.79 Å². The first-order chi connectivity index (χ1) is 12.7. The van der Waals surface area contributed by atoms with E-state index >= 15 is 0 Å². The van der Waals surface area contributed by atoms with Gasteiger partial charge in [0.15, 0.2) is 0 Å². The molecule has 1 fully saturated rings. The van der Waals surface area contributed by atoms with E-state index in [4.69, 9.17) is 0 Å². The maximum Gasteiger partial charge on any atom is 0.254 e. The van der Waals surface area contributed by atoms with Gasteiger partial charge in [-0.25, -0.2) is 0 Å². The van der Waals surface area contributed by atoms with Crippen LogP contribution in [0.5, 0.6) is 0 Å². The third-order valence-corrected chi connectivity index (χ3v) is 5.98. The summed E-state index contributed by atoms with van der Waals surface area (Å²) in [7, 11) is 1.91. The molecule has 0 atom stereocenters. The number of nitrogens with zero attached hydrogens (tertiary/aromatic N) is 3. The number of aromatic nitrogens is 2. The minimum absolute atomic E-state index is 0.180. The van der Waals surface area contributed by atoms with E-state index in [0.29, 0.717) is 6.04 Å². The van der Waals surface area contributed by atoms with E-state index in [2.05, 4.69) is 16.9 Å². The molecule has 3 rings (SSSR count). The van der Waals surface area contributed by atoms with Gasteiger partial charge >= 0.3 is 0 Å². The molecular formula is C21H29N3OS. The Bertz CT molecular complexity index is 722. The van der Waals surface area contributed by atoms with Gasteiger partial charge in [-0.3, -0.25) is 9.48 Å². The molecular weight excluding hydrogens is 342 g/mol. The molecule has 1 aliphatic carbocycles. The summed E-state index contributed by atoms with van der Waals surface area (Å²) in [5, 5.41) is 4.24. The summed E-state index contributed by atoms with van der Waals surface area (Å²) in [4.78, 5) is 15.5. The predicted octanol–water partition coefficient (Wildman–Crippen LogP) is 4.62. The second-order valence-corrected chi connectivity index (χ2v) is 8.36. The van der Waals surface area contributed by atoms with Gasteiger partial charge in [0, 0.05) is 42.7 Å². The van der Waals surface area contributed by atoms with Crippen LogP contribution in [0.2, 0.25) is 0 Å². The van der Waals surface area contributed by atoms with Gasteiger partial charge in [0.1, 0.15) is 0 Å². The van der Waals surface area contributed by atoms with Crippen molar-refractivity contribution >= 4 is 17.7 Å². The van der Waals surface area contributed by atoms with Crippen LogP contribution in [0.25, 0.3) is 11.1 Å². The third-order valence-electron chi connectivity index (χ3n) is 5.10. The molecule has 0 radical (unpaired) electrons. The van der Waals surface area contributed by atoms with E-state index in [1.165, 1.54) is 19.3 Å². The zero-order chi connectivity index (χ0) is 18.4. The Labute approximate surface area is 161 Å². The van der Waals surface area contributed by atoms with E-state index < -0.39 is 0 Å². The lowest BCUT2D eigenvalue weighted by molar-refractivity contribution is 0.0650. The maximum absolute atomic E-state index is 13.3. The molecule has 1 saturated carbocycles. The number of thioether (sulfide) groups is 1. The van der Waals surface area contributed by atoms with Crippen molar-refractivity contribution in [1.82, 2.24) is 14.7 Å². The Morgan fingerprint density at radius 3 is 2.77 bits per heavy atom. The molecule has 1 heterocycles. The summed E-state index contributed by atoms with van der Waals surface area (Å²) in [6, 6.07) is 8.39. The fraction of sp³-hybridized carbons (Fsp3) is 0.524. The first-order valence-electron chi connectivity index (χ1n) is 9.67. The van der Waals surface area contributed by atoms with Crippen molar-refractivity contribution in [3.05, 3.63) is 42.2 Å². The summed E-state index contributed by atoms with van der Waals surface area (Å²) in [6.45, 7) is 3.02. The van der Waals surface area contributed by atoms with E-state index in [1.807, 2.05) is 55.5 Å². The summed E-state index contributed by atoms with van der Waals surface area (Å²) in [5.74, 6) is 2.30. The molecule has 0 unspecified atom stereocenters. The fourth-order valence-electron chi connectivity index (χ4n) is 3.72. The average molecular weight is 372 g/mol. The lowest BCUT2D eigenvalue weighted by Crippen LogP contribution is -2.42. The van der Waals surface area contributed by atoms with Gasteiger partial charge in [0.25, 0.3) is 5.91 Å². The topological polar surface area (TPSA) is 38.1 Å². The van der Waals surface area contributed by atoms with Gasteiger partial charge in [0.05, 0.1) is 6.20 Å². The summed E-state index contributed by atoms with van der Waals surface area (Å²) in [6.07, 6.45) is 9.91. The molecule has 0 saturated heterocycles. The highest BCUT2D eigenvalue weighted by atomic mass is 32.2. The highest BCUT2D eigenvalue weighted by molar-refractivity contribution is 7.99. The van der Waals surface area contributed by atoms with E-state index in [0.717, 1.165) is 47.6 Å². The van der Waals surface area contributed by atoms with Gasteiger partial charge in [-0.2, -0.15) is 16.9 Å². The Hall–Kier alpha value is -1.75. The van der Waals surface area contributed by atoms with Crippen molar-refractivity contribution in [2.75, 3.05) is 18.1 Å². The van der Waals surface area contributed by atoms with Crippen LogP contribution in [0.15, 0.2) is 36.7 Å². The van der Waals surface area contributed by atoms with E-state index in [-0.39, 0.29) is 5.91 Å². The summed E-state index contributed by atoms with van der Waals surface area (Å²) >= 11 is 1.91. The zero-order valence-electron chi connectivity index (χ0n) is 15.9. The van der Waals surface area contributed by atoms with Gasteiger partial charge in [-0.1, -0.05) is 38.3 Å². The molecule has 0 aliphatic heterocycles. The van der Waals surface area contributed by atoms with Crippen molar-refractivity contribution in [3.8, 4) is 11.1 Å². The normalized spacial score (nSPS) is 15.2. The quantitative estimate of drug-likeness (QED) is 0.667. The SMILES string of the molecule is CCSCCN(C(=O)c1cccc(-c2cnn(C)c2)c1)C1CCCCC1. The first kappa shape index (κ1) is 19.0. The largest absolute Gasteiger partial charge is 0.335 e. The number of amides is 1. The fourth-order valence-corrected chi connectivity index (χ4v) is 4.33. The minimum Gasteiger partial charge on any atom is -0.335 e. The number of hydrogen-bond donors (Lipinski definition) is 0. The number of carbonyl (C=O) groups is 1. The number of aryl methyl sites for hydroxylation is 1. The van der Waals surface area contributed by atoms with Gasteiger partial charge < -0.3 is 4.90 Å². The smallest absolute Gasteiger partial charge is 0.254 e. The summed E-state index contributed by atoms with van der Waals surface area (Å²) in [5.41, 5.74) is 2.89. The van der Waals surface area contributed by atoms with Gasteiger partial charge in [0.2, 0.25) is 0 Å². The Morgan fingerprint density at radius 1 is 1.27 bits per heavy atom. The Kier molecular flexibility index (Phi) is 6.78. The second-order valence-electron chi connectivity index (χ2n) is 6.97. The highest BCUT2D eigenvalue weighted by Crippen LogP contribution is 2.26. The van der Waals surface area contributed by atoms with Crippen molar-refractivity contribution < 1.29 is 4.79 Å². The van der Waals surface area contributed by atoms with Crippen molar-refractivity contribution in [3.63, 3.8) is 0 Å². The zero-order valence-corrected chi connectivity index (χ0v) is 16.7. The van der Waals surface area contributed by atoms with Crippen molar-refractivity contribution in [2.45, 2.75) is 45.1 Å². The molecule has 1 amide bonds. The van der Waals surface area contributed by atoms with Crippen LogP contribution in [0, 0.1) is 0 Å². The van der Waals surface area contributed by atoms with Crippen LogP contribution in [-0.4, -0.2) is 44.7 Å². The maximum atomic E-state index is 13.3. The van der Waals surface area contributed by atoms with Crippen LogP contribution < -0.4 is 0 Å². The average Bonchev–Trinajstić information content (AvgIpc) is 3.12. The molecule has 1 aromatic heterocycles. The molecule has 0 bridgehead atoms. The monoisotopic (exact) mass is 371 g/mol. The molecule has 5 heteroatoms. The highest BCUT2D eigenvalue weighted by Gasteiger charge is 2.26. The van der Waals surface area contributed by atoms with Gasteiger partial charge in [-0.15, -0.1) is 0 Å². The Balaban J connectivity index is 1.80. The Morgan fingerprint density at radius 2 is 2.08 bits per heavy atom. The molecule has 26 heavy (non-hydrogen) atoms. The number of carbonyl (C=O) groups excluding carboxylic acids is 1. The minimum atomic E-state index is 0.180. The van der Waals surface area contributed by atoms with Crippen LogP contribution in [0.3, 0.4) is 0 Å². The molecule has 4 nitrogen and oxygen atoms in total. The third kappa shape index (κ3) is 4.70. The van der Waals surface area contributed by atoms with Crippen LogP contribution in [0.1, 0.15) is 49.4 Å². The van der Waals surface area contributed by atoms with Crippen molar-refractivity contribution in [2.24, 2.45) is 7.05 Å². The standard InChI is InChI=1S/C21H29N3OS/c1-3-26-13-12-24(20-10-5-4-6-11-20)21(25)18-9-7-8-17(14-18)19-15-22-23(2)16-19/h7-9,14-16,20H,3-6,10-13H2,1-2H3. The molecule has 1 aliphatic rings. The van der Waals surface area contributed by atoms with Crippen molar-refractivity contribution in [1.29, 1.82) is 0 Å². The van der Waals surface area contributed by atoms with Crippen LogP contribution in [0.4, 0.5) is 0 Å². The molecule has 0 N–H and O–H groups in total. The first-order valence-corrected chi connectivity index (χ1v) is 10.8. The summed E-state index contributed by atoms with van der Waals surface area (Å²) < 4.78 is 1.79. The molecule has 0 spiro atoms. The number of benzene rings is 1. The second kappa shape index (κ2) is 9.26. The molecule has 140 valence electrons. The van der Waals surface area contributed by atoms with Gasteiger partial charge in [-0.05, 0) is 36.3 Å². The predicted molar refractivity (Wildman–Crippen MR) is 110 cm³/mol. The number of rotatable bonds is 7. The lowest BCUT2D eigenvalue weighted by Gasteiger charge is -2.34. The molecule has 1 aromatic carbocycles.